The number of nitrogens with one attached hydrogen (secondary N) is 1. The van der Waals surface area contributed by atoms with Crippen LogP contribution in [0.5, 0.6) is 0 Å². The maximum atomic E-state index is 11.4. The molecule has 2 rings (SSSR count). The second kappa shape index (κ2) is 4.88. The Morgan fingerprint density at radius 3 is 2.94 bits per heavy atom. The van der Waals surface area contributed by atoms with Gasteiger partial charge in [-0.2, -0.15) is 0 Å². The zero-order chi connectivity index (χ0) is 12.3. The second-order valence-electron chi connectivity index (χ2n) is 3.24. The third kappa shape index (κ3) is 2.57. The number of hydrogen-bond donors (Lipinski definition) is 1. The molecular weight excluding hydrogens is 240 g/mol. The number of pyridine rings is 1. The summed E-state index contributed by atoms with van der Waals surface area (Å²) in [5.74, 6) is -0.248. The van der Waals surface area contributed by atoms with Gasteiger partial charge in [0.2, 0.25) is 0 Å². The summed E-state index contributed by atoms with van der Waals surface area (Å²) < 4.78 is 0. The molecule has 0 atom stereocenters. The first-order valence-corrected chi connectivity index (χ1v) is 5.24. The molecule has 0 fully saturated rings. The number of carbonyl (C=O) groups excluding carboxylic acids is 1. The van der Waals surface area contributed by atoms with Crippen molar-refractivity contribution < 1.29 is 4.79 Å². The molecule has 0 spiro atoms. The Balaban J connectivity index is 2.43. The fourth-order valence-corrected chi connectivity index (χ4v) is 1.47. The van der Waals surface area contributed by atoms with Gasteiger partial charge in [0, 0.05) is 18.8 Å². The van der Waals surface area contributed by atoms with Gasteiger partial charge in [0.05, 0.1) is 18.1 Å². The minimum Gasteiger partial charge on any atom is -0.354 e. The molecule has 1 N–H and O–H groups in total. The summed E-state index contributed by atoms with van der Waals surface area (Å²) in [6, 6.07) is 3.38. The molecule has 2 aromatic rings. The highest BCUT2D eigenvalue weighted by Gasteiger charge is 2.07. The molecule has 0 aromatic carbocycles. The van der Waals surface area contributed by atoms with E-state index in [1.54, 1.807) is 31.6 Å². The molecule has 2 aromatic heterocycles. The largest absolute Gasteiger partial charge is 0.354 e. The molecule has 0 aliphatic rings. The number of aromatic nitrogens is 3. The Morgan fingerprint density at radius 2 is 2.24 bits per heavy atom. The molecule has 0 radical (unpaired) electrons. The zero-order valence-corrected chi connectivity index (χ0v) is 9.77. The molecule has 0 bridgehead atoms. The van der Waals surface area contributed by atoms with Gasteiger partial charge in [0.15, 0.2) is 0 Å². The van der Waals surface area contributed by atoms with Crippen molar-refractivity contribution in [2.24, 2.45) is 0 Å². The highest BCUT2D eigenvalue weighted by atomic mass is 35.5. The standard InChI is InChI=1S/C11H9ClN4O/c1-13-11(17)8-4-7(2-3-15-8)9-5-14-6-10(12)16-9/h2-6H,1H3,(H,13,17). The van der Waals surface area contributed by atoms with Gasteiger partial charge in [-0.3, -0.25) is 14.8 Å². The molecule has 5 nitrogen and oxygen atoms in total. The monoisotopic (exact) mass is 248 g/mol. The summed E-state index contributed by atoms with van der Waals surface area (Å²) in [5.41, 5.74) is 1.67. The molecule has 6 heteroatoms. The fourth-order valence-electron chi connectivity index (χ4n) is 1.32. The lowest BCUT2D eigenvalue weighted by atomic mass is 10.1. The van der Waals surface area contributed by atoms with Crippen LogP contribution in [-0.2, 0) is 0 Å². The maximum absolute atomic E-state index is 11.4. The third-order valence-corrected chi connectivity index (χ3v) is 2.30. The van der Waals surface area contributed by atoms with Crippen LogP contribution >= 0.6 is 11.6 Å². The van der Waals surface area contributed by atoms with E-state index in [0.717, 1.165) is 5.56 Å². The van der Waals surface area contributed by atoms with Crippen LogP contribution in [-0.4, -0.2) is 27.9 Å². The van der Waals surface area contributed by atoms with Gasteiger partial charge >= 0.3 is 0 Å². The third-order valence-electron chi connectivity index (χ3n) is 2.12. The van der Waals surface area contributed by atoms with Gasteiger partial charge in [-0.05, 0) is 12.1 Å². The van der Waals surface area contributed by atoms with Crippen LogP contribution in [0.1, 0.15) is 10.5 Å². The Labute approximate surface area is 103 Å². The minimum absolute atomic E-state index is 0.248. The first-order chi connectivity index (χ1) is 8.20. The Hall–Kier alpha value is -2.01. The first kappa shape index (κ1) is 11.5. The summed E-state index contributed by atoms with van der Waals surface area (Å²) >= 11 is 5.76. The van der Waals surface area contributed by atoms with Crippen LogP contribution in [0.15, 0.2) is 30.7 Å². The van der Waals surface area contributed by atoms with Gasteiger partial charge < -0.3 is 5.32 Å². The molecule has 86 valence electrons. The first-order valence-electron chi connectivity index (χ1n) is 4.87. The summed E-state index contributed by atoms with van der Waals surface area (Å²) in [5, 5.41) is 2.81. The molecule has 0 saturated carbocycles. The highest BCUT2D eigenvalue weighted by molar-refractivity contribution is 6.29. The van der Waals surface area contributed by atoms with Crippen molar-refractivity contribution in [2.45, 2.75) is 0 Å². The van der Waals surface area contributed by atoms with Gasteiger partial charge in [0.25, 0.3) is 5.91 Å². The van der Waals surface area contributed by atoms with Crippen LogP contribution in [0.4, 0.5) is 0 Å². The van der Waals surface area contributed by atoms with E-state index in [0.29, 0.717) is 16.5 Å². The average Bonchev–Trinajstić information content (AvgIpc) is 2.38. The molecule has 0 unspecified atom stereocenters. The van der Waals surface area contributed by atoms with Crippen LogP contribution in [0.25, 0.3) is 11.3 Å². The topological polar surface area (TPSA) is 67.8 Å². The quantitative estimate of drug-likeness (QED) is 0.876. The van der Waals surface area contributed by atoms with Gasteiger partial charge in [-0.25, -0.2) is 4.98 Å². The van der Waals surface area contributed by atoms with Crippen molar-refractivity contribution in [3.8, 4) is 11.3 Å². The fraction of sp³-hybridized carbons (Fsp3) is 0.0909. The average molecular weight is 249 g/mol. The van der Waals surface area contributed by atoms with E-state index >= 15 is 0 Å². The molecule has 17 heavy (non-hydrogen) atoms. The molecule has 0 aliphatic carbocycles. The van der Waals surface area contributed by atoms with E-state index in [2.05, 4.69) is 20.3 Å². The van der Waals surface area contributed by atoms with E-state index in [4.69, 9.17) is 11.6 Å². The Kier molecular flexibility index (Phi) is 3.30. The van der Waals surface area contributed by atoms with Crippen LogP contribution < -0.4 is 5.32 Å². The Morgan fingerprint density at radius 1 is 1.41 bits per heavy atom. The lowest BCUT2D eigenvalue weighted by Gasteiger charge is -2.03. The van der Waals surface area contributed by atoms with E-state index in [-0.39, 0.29) is 5.91 Å². The van der Waals surface area contributed by atoms with E-state index in [9.17, 15) is 4.79 Å². The van der Waals surface area contributed by atoms with Crippen molar-refractivity contribution in [3.05, 3.63) is 41.6 Å². The smallest absolute Gasteiger partial charge is 0.269 e. The van der Waals surface area contributed by atoms with E-state index < -0.39 is 0 Å². The Bertz CT molecular complexity index is 559. The van der Waals surface area contributed by atoms with Gasteiger partial charge in [-0.1, -0.05) is 11.6 Å². The van der Waals surface area contributed by atoms with Crippen molar-refractivity contribution in [3.63, 3.8) is 0 Å². The second-order valence-corrected chi connectivity index (χ2v) is 3.62. The van der Waals surface area contributed by atoms with Crippen molar-refractivity contribution in [2.75, 3.05) is 7.05 Å². The number of nitrogens with zero attached hydrogens (tertiary/aromatic N) is 3. The number of rotatable bonds is 2. The predicted octanol–water partition coefficient (Wildman–Crippen LogP) is 1.55. The lowest BCUT2D eigenvalue weighted by Crippen LogP contribution is -2.19. The summed E-state index contributed by atoms with van der Waals surface area (Å²) in [6.07, 6.45) is 4.57. The zero-order valence-electron chi connectivity index (χ0n) is 9.01. The van der Waals surface area contributed by atoms with E-state index in [1.165, 1.54) is 6.20 Å². The number of halogens is 1. The van der Waals surface area contributed by atoms with Gasteiger partial charge in [-0.15, -0.1) is 0 Å². The maximum Gasteiger partial charge on any atom is 0.269 e. The van der Waals surface area contributed by atoms with Crippen LogP contribution in [0.3, 0.4) is 0 Å². The van der Waals surface area contributed by atoms with Gasteiger partial charge in [0.1, 0.15) is 10.8 Å². The van der Waals surface area contributed by atoms with E-state index in [1.807, 2.05) is 0 Å². The molecule has 0 aliphatic heterocycles. The summed E-state index contributed by atoms with van der Waals surface area (Å²) in [6.45, 7) is 0. The molecule has 1 amide bonds. The van der Waals surface area contributed by atoms with Crippen molar-refractivity contribution >= 4 is 17.5 Å². The lowest BCUT2D eigenvalue weighted by molar-refractivity contribution is 0.0958. The summed E-state index contributed by atoms with van der Waals surface area (Å²) in [7, 11) is 1.55. The normalized spacial score (nSPS) is 10.0. The van der Waals surface area contributed by atoms with Crippen LogP contribution in [0, 0.1) is 0 Å². The molecule has 0 saturated heterocycles. The number of amides is 1. The number of carbonyl (C=O) groups is 1. The number of hydrogen-bond acceptors (Lipinski definition) is 4. The van der Waals surface area contributed by atoms with Crippen LogP contribution in [0.2, 0.25) is 5.15 Å². The molecular formula is C11H9ClN4O. The minimum atomic E-state index is -0.248. The molecule has 2 heterocycles. The van der Waals surface area contributed by atoms with Crippen molar-refractivity contribution in [1.29, 1.82) is 0 Å². The SMILES string of the molecule is CNC(=O)c1cc(-c2cncc(Cl)n2)ccn1. The highest BCUT2D eigenvalue weighted by Crippen LogP contribution is 2.17. The van der Waals surface area contributed by atoms with Crippen molar-refractivity contribution in [1.82, 2.24) is 20.3 Å². The summed E-state index contributed by atoms with van der Waals surface area (Å²) in [4.78, 5) is 23.4. The predicted molar refractivity (Wildman–Crippen MR) is 63.7 cm³/mol.